The normalized spacial score (nSPS) is 11.0. The van der Waals surface area contributed by atoms with Gasteiger partial charge in [-0.15, -0.1) is 10.2 Å². The first-order valence-corrected chi connectivity index (χ1v) is 7.72. The van der Waals surface area contributed by atoms with E-state index in [0.29, 0.717) is 33.5 Å². The van der Waals surface area contributed by atoms with Crippen molar-refractivity contribution in [3.05, 3.63) is 65.3 Å². The van der Waals surface area contributed by atoms with E-state index < -0.39 is 0 Å². The molecule has 0 spiro atoms. The summed E-state index contributed by atoms with van der Waals surface area (Å²) >= 11 is 0. The molecule has 4 rings (SSSR count). The van der Waals surface area contributed by atoms with Gasteiger partial charge in [-0.05, 0) is 25.1 Å². The topological polar surface area (TPSA) is 125 Å². The first-order valence-electron chi connectivity index (χ1n) is 7.72. The monoisotopic (exact) mass is 351 g/mol. The van der Waals surface area contributed by atoms with Crippen LogP contribution >= 0.6 is 0 Å². The van der Waals surface area contributed by atoms with E-state index in [1.807, 2.05) is 0 Å². The van der Waals surface area contributed by atoms with Gasteiger partial charge >= 0.3 is 0 Å². The van der Waals surface area contributed by atoms with E-state index >= 15 is 0 Å². The van der Waals surface area contributed by atoms with Crippen molar-refractivity contribution < 1.29 is 14.0 Å². The molecule has 0 aliphatic carbocycles. The van der Waals surface area contributed by atoms with Crippen LogP contribution in [0.15, 0.2) is 47.4 Å². The second kappa shape index (κ2) is 6.24. The van der Waals surface area contributed by atoms with Gasteiger partial charge in [-0.1, -0.05) is 5.16 Å². The second-order valence-electron chi connectivity index (χ2n) is 5.51. The largest absolute Gasteiger partial charge is 0.619 e. The molecule has 0 bridgehead atoms. The fourth-order valence-electron chi connectivity index (χ4n) is 2.51. The predicted molar refractivity (Wildman–Crippen MR) is 87.6 cm³/mol. The van der Waals surface area contributed by atoms with Gasteiger partial charge in [0.1, 0.15) is 5.56 Å². The smallest absolute Gasteiger partial charge is 0.261 e. The average molecular weight is 351 g/mol. The fourth-order valence-corrected chi connectivity index (χ4v) is 2.51. The summed E-state index contributed by atoms with van der Waals surface area (Å²) in [5.74, 6) is 1.01. The maximum Gasteiger partial charge on any atom is 0.261 e. The Bertz CT molecular complexity index is 1100. The number of carbonyl (C=O) groups excluding carboxylic acids is 1. The van der Waals surface area contributed by atoms with Crippen molar-refractivity contribution in [2.75, 3.05) is 0 Å². The maximum absolute atomic E-state index is 12.2. The molecule has 0 aliphatic heterocycles. The molecule has 4 aromatic heterocycles. The average Bonchev–Trinajstić information content (AvgIpc) is 3.25. The minimum absolute atomic E-state index is 0.139. The first-order chi connectivity index (χ1) is 12.6. The lowest BCUT2D eigenvalue weighted by Crippen LogP contribution is -2.30. The summed E-state index contributed by atoms with van der Waals surface area (Å²) in [5, 5.41) is 26.0. The minimum Gasteiger partial charge on any atom is -0.619 e. The van der Waals surface area contributed by atoms with Gasteiger partial charge in [-0.2, -0.15) is 9.71 Å². The van der Waals surface area contributed by atoms with Crippen LogP contribution in [0.1, 0.15) is 22.0 Å². The molecule has 130 valence electrons. The van der Waals surface area contributed by atoms with Gasteiger partial charge in [0.05, 0.1) is 12.1 Å². The van der Waals surface area contributed by atoms with Crippen LogP contribution in [0, 0.1) is 12.1 Å². The standard InChI is InChI=1S/C16H13N7O3/c1-10-18-16(26-21-10)12-5-3-7-23-13(19-20-14(12)23)8-17-15(24)11-4-2-6-22(25)9-11/h2-7,9H,8H2,1H3,(H,17,24). The van der Waals surface area contributed by atoms with E-state index in [9.17, 15) is 10.0 Å². The molecule has 0 aromatic carbocycles. The Balaban J connectivity index is 1.59. The highest BCUT2D eigenvalue weighted by molar-refractivity contribution is 5.93. The highest BCUT2D eigenvalue weighted by Gasteiger charge is 2.16. The Labute approximate surface area is 146 Å². The molecule has 4 heterocycles. The molecule has 0 fully saturated rings. The molecule has 4 aromatic rings. The van der Waals surface area contributed by atoms with E-state index in [2.05, 4.69) is 25.7 Å². The van der Waals surface area contributed by atoms with Crippen LogP contribution in [-0.4, -0.2) is 30.6 Å². The quantitative estimate of drug-likeness (QED) is 0.423. The molecule has 0 aliphatic rings. The van der Waals surface area contributed by atoms with E-state index in [1.165, 1.54) is 18.5 Å². The molecule has 26 heavy (non-hydrogen) atoms. The molecule has 1 amide bonds. The third kappa shape index (κ3) is 2.83. The van der Waals surface area contributed by atoms with E-state index in [1.54, 1.807) is 35.7 Å². The van der Waals surface area contributed by atoms with Gasteiger partial charge in [-0.25, -0.2) is 0 Å². The summed E-state index contributed by atoms with van der Waals surface area (Å²) in [7, 11) is 0. The van der Waals surface area contributed by atoms with Crippen molar-refractivity contribution in [1.29, 1.82) is 0 Å². The predicted octanol–water partition coefficient (Wildman–Crippen LogP) is 0.651. The van der Waals surface area contributed by atoms with Gasteiger partial charge in [0, 0.05) is 12.3 Å². The molecule has 0 saturated heterocycles. The fraction of sp³-hybridized carbons (Fsp3) is 0.125. The molecule has 0 unspecified atom stereocenters. The molecular formula is C16H13N7O3. The van der Waals surface area contributed by atoms with Crippen molar-refractivity contribution in [3.63, 3.8) is 0 Å². The number of aryl methyl sites for hydroxylation is 1. The molecule has 0 saturated carbocycles. The van der Waals surface area contributed by atoms with Gasteiger partial charge in [0.2, 0.25) is 0 Å². The number of pyridine rings is 2. The highest BCUT2D eigenvalue weighted by Crippen LogP contribution is 2.22. The molecule has 1 N–H and O–H groups in total. The Morgan fingerprint density at radius 3 is 3.00 bits per heavy atom. The lowest BCUT2D eigenvalue weighted by molar-refractivity contribution is -0.605. The first kappa shape index (κ1) is 15.7. The van der Waals surface area contributed by atoms with Crippen LogP contribution in [-0.2, 0) is 6.54 Å². The van der Waals surface area contributed by atoms with E-state index in [0.717, 1.165) is 0 Å². The Morgan fingerprint density at radius 2 is 2.23 bits per heavy atom. The number of fused-ring (bicyclic) bond motifs is 1. The van der Waals surface area contributed by atoms with Crippen molar-refractivity contribution in [2.24, 2.45) is 0 Å². The van der Waals surface area contributed by atoms with Crippen LogP contribution in [0.2, 0.25) is 0 Å². The summed E-state index contributed by atoms with van der Waals surface area (Å²) in [4.78, 5) is 16.4. The van der Waals surface area contributed by atoms with Gasteiger partial charge in [0.25, 0.3) is 11.8 Å². The van der Waals surface area contributed by atoms with Crippen LogP contribution in [0.25, 0.3) is 17.1 Å². The molecular weight excluding hydrogens is 338 g/mol. The van der Waals surface area contributed by atoms with Crippen LogP contribution in [0.4, 0.5) is 0 Å². The van der Waals surface area contributed by atoms with Gasteiger partial charge in [0.15, 0.2) is 29.7 Å². The molecule has 0 atom stereocenters. The molecule has 10 nitrogen and oxygen atoms in total. The van der Waals surface area contributed by atoms with Crippen LogP contribution in [0.3, 0.4) is 0 Å². The summed E-state index contributed by atoms with van der Waals surface area (Å²) in [6.45, 7) is 1.87. The van der Waals surface area contributed by atoms with Crippen LogP contribution in [0.5, 0.6) is 0 Å². The Hall–Kier alpha value is -3.82. The Kier molecular flexibility index (Phi) is 3.77. The number of rotatable bonds is 4. The number of hydrogen-bond acceptors (Lipinski definition) is 7. The van der Waals surface area contributed by atoms with Crippen molar-refractivity contribution in [3.8, 4) is 11.5 Å². The van der Waals surface area contributed by atoms with Crippen molar-refractivity contribution in [2.45, 2.75) is 13.5 Å². The number of nitrogens with zero attached hydrogens (tertiary/aromatic N) is 6. The van der Waals surface area contributed by atoms with Crippen molar-refractivity contribution in [1.82, 2.24) is 30.1 Å². The Morgan fingerprint density at radius 1 is 1.35 bits per heavy atom. The maximum atomic E-state index is 12.2. The SMILES string of the molecule is Cc1noc(-c2cccn3c(CNC(=O)c4ccc[n+]([O-])c4)nnc23)n1. The summed E-state index contributed by atoms with van der Waals surface area (Å²) in [5.41, 5.74) is 1.45. The number of hydrogen-bond donors (Lipinski definition) is 1. The summed E-state index contributed by atoms with van der Waals surface area (Å²) in [6.07, 6.45) is 4.29. The second-order valence-corrected chi connectivity index (χ2v) is 5.51. The van der Waals surface area contributed by atoms with Crippen molar-refractivity contribution >= 4 is 11.6 Å². The third-order valence-corrected chi connectivity index (χ3v) is 3.71. The zero-order valence-electron chi connectivity index (χ0n) is 13.7. The minimum atomic E-state index is -0.379. The lowest BCUT2D eigenvalue weighted by atomic mass is 10.2. The summed E-state index contributed by atoms with van der Waals surface area (Å²) < 4.78 is 7.49. The molecule has 10 heteroatoms. The van der Waals surface area contributed by atoms with E-state index in [4.69, 9.17) is 4.52 Å². The van der Waals surface area contributed by atoms with Gasteiger partial charge in [-0.3, -0.25) is 9.20 Å². The number of amides is 1. The summed E-state index contributed by atoms with van der Waals surface area (Å²) in [6, 6.07) is 6.67. The zero-order chi connectivity index (χ0) is 18.1. The number of nitrogens with one attached hydrogen (secondary N) is 1. The van der Waals surface area contributed by atoms with Gasteiger partial charge < -0.3 is 15.0 Å². The number of carbonyl (C=O) groups is 1. The lowest BCUT2D eigenvalue weighted by Gasteiger charge is -2.04. The van der Waals surface area contributed by atoms with Crippen LogP contribution < -0.4 is 10.0 Å². The third-order valence-electron chi connectivity index (χ3n) is 3.71. The molecule has 0 radical (unpaired) electrons. The zero-order valence-corrected chi connectivity index (χ0v) is 13.7. The van der Waals surface area contributed by atoms with E-state index in [-0.39, 0.29) is 18.0 Å². The highest BCUT2D eigenvalue weighted by atomic mass is 16.5. The number of aromatic nitrogens is 6.